The minimum atomic E-state index is -0.403. The number of aryl methyl sites for hydroxylation is 1. The van der Waals surface area contributed by atoms with E-state index in [1.165, 1.54) is 0 Å². The highest BCUT2D eigenvalue weighted by molar-refractivity contribution is 5.94. The monoisotopic (exact) mass is 298 g/mol. The summed E-state index contributed by atoms with van der Waals surface area (Å²) in [6, 6.07) is 7.76. The Hall–Kier alpha value is -2.63. The van der Waals surface area contributed by atoms with Gasteiger partial charge in [0.25, 0.3) is 0 Å². The topological polar surface area (TPSA) is 68.5 Å². The Morgan fingerprint density at radius 1 is 1.50 bits per heavy atom. The molecule has 0 fully saturated rings. The van der Waals surface area contributed by atoms with E-state index in [0.717, 1.165) is 30.2 Å². The number of anilines is 1. The number of ether oxygens (including phenoxy) is 1. The van der Waals surface area contributed by atoms with E-state index < -0.39 is 5.97 Å². The molecular formula is C16H18N4O2. The second-order valence-corrected chi connectivity index (χ2v) is 5.08. The molecule has 1 aliphatic heterocycles. The van der Waals surface area contributed by atoms with Gasteiger partial charge in [-0.05, 0) is 31.5 Å². The molecule has 6 heteroatoms. The predicted octanol–water partition coefficient (Wildman–Crippen LogP) is 2.03. The highest BCUT2D eigenvalue weighted by Crippen LogP contribution is 2.18. The SMILES string of the molecule is CCOC(=O)c1c2n(cnc1=Nc1cccc(C)c1)CCN2. The second-order valence-electron chi connectivity index (χ2n) is 5.08. The molecule has 0 aliphatic carbocycles. The van der Waals surface area contributed by atoms with Gasteiger partial charge in [-0.25, -0.2) is 14.8 Å². The minimum absolute atomic E-state index is 0.317. The lowest BCUT2D eigenvalue weighted by atomic mass is 10.2. The molecule has 0 atom stereocenters. The van der Waals surface area contributed by atoms with Crippen LogP contribution in [0, 0.1) is 6.92 Å². The molecule has 6 nitrogen and oxygen atoms in total. The predicted molar refractivity (Wildman–Crippen MR) is 83.1 cm³/mol. The number of fused-ring (bicyclic) bond motifs is 1. The summed E-state index contributed by atoms with van der Waals surface area (Å²) in [4.78, 5) is 21.2. The van der Waals surface area contributed by atoms with Crippen LogP contribution < -0.4 is 10.8 Å². The van der Waals surface area contributed by atoms with Gasteiger partial charge in [0.15, 0.2) is 5.49 Å². The van der Waals surface area contributed by atoms with Gasteiger partial charge in [-0.3, -0.25) is 0 Å². The van der Waals surface area contributed by atoms with Crippen molar-refractivity contribution in [2.75, 3.05) is 18.5 Å². The summed E-state index contributed by atoms with van der Waals surface area (Å²) in [5.74, 6) is 0.319. The third kappa shape index (κ3) is 2.72. The lowest BCUT2D eigenvalue weighted by Gasteiger charge is -2.09. The lowest BCUT2D eigenvalue weighted by Crippen LogP contribution is -2.24. The molecule has 114 valence electrons. The standard InChI is InChI=1S/C16H18N4O2/c1-3-22-16(21)13-14(18-10-20-8-7-17-15(13)20)19-12-6-4-5-11(2)9-12/h4-6,9-10,17H,3,7-8H2,1-2H3. The fourth-order valence-corrected chi connectivity index (χ4v) is 2.45. The number of rotatable bonds is 3. The van der Waals surface area contributed by atoms with Crippen LogP contribution in [0.25, 0.3) is 0 Å². The van der Waals surface area contributed by atoms with Gasteiger partial charge >= 0.3 is 5.97 Å². The molecule has 22 heavy (non-hydrogen) atoms. The molecule has 1 aliphatic rings. The van der Waals surface area contributed by atoms with E-state index in [9.17, 15) is 4.79 Å². The Morgan fingerprint density at radius 3 is 3.14 bits per heavy atom. The Balaban J connectivity index is 2.17. The Morgan fingerprint density at radius 2 is 2.36 bits per heavy atom. The van der Waals surface area contributed by atoms with Crippen molar-refractivity contribution in [3.8, 4) is 0 Å². The average Bonchev–Trinajstić information content (AvgIpc) is 2.95. The van der Waals surface area contributed by atoms with Crippen molar-refractivity contribution in [1.29, 1.82) is 0 Å². The van der Waals surface area contributed by atoms with Gasteiger partial charge in [-0.1, -0.05) is 12.1 Å². The zero-order chi connectivity index (χ0) is 15.5. The molecule has 1 N–H and O–H groups in total. The molecule has 0 amide bonds. The molecule has 2 heterocycles. The third-order valence-corrected chi connectivity index (χ3v) is 3.43. The van der Waals surface area contributed by atoms with E-state index in [4.69, 9.17) is 4.74 Å². The fourth-order valence-electron chi connectivity index (χ4n) is 2.45. The average molecular weight is 298 g/mol. The van der Waals surface area contributed by atoms with E-state index in [-0.39, 0.29) is 0 Å². The summed E-state index contributed by atoms with van der Waals surface area (Å²) in [7, 11) is 0. The summed E-state index contributed by atoms with van der Waals surface area (Å²) in [6.07, 6.45) is 1.70. The second kappa shape index (κ2) is 6.01. The molecule has 0 unspecified atom stereocenters. The van der Waals surface area contributed by atoms with Crippen molar-refractivity contribution < 1.29 is 9.53 Å². The Labute approximate surface area is 128 Å². The van der Waals surface area contributed by atoms with E-state index in [2.05, 4.69) is 15.3 Å². The summed E-state index contributed by atoms with van der Waals surface area (Å²) >= 11 is 0. The maximum absolute atomic E-state index is 12.3. The van der Waals surface area contributed by atoms with Crippen molar-refractivity contribution in [2.24, 2.45) is 4.99 Å². The molecule has 0 saturated heterocycles. The van der Waals surface area contributed by atoms with Crippen LogP contribution in [0.1, 0.15) is 22.8 Å². The molecular weight excluding hydrogens is 280 g/mol. The largest absolute Gasteiger partial charge is 0.462 e. The zero-order valence-electron chi connectivity index (χ0n) is 12.7. The van der Waals surface area contributed by atoms with Crippen LogP contribution in [0.5, 0.6) is 0 Å². The highest BCUT2D eigenvalue weighted by atomic mass is 16.5. The third-order valence-electron chi connectivity index (χ3n) is 3.43. The lowest BCUT2D eigenvalue weighted by molar-refractivity contribution is 0.0524. The number of carbonyl (C=O) groups is 1. The first-order valence-corrected chi connectivity index (χ1v) is 7.31. The molecule has 2 aromatic rings. The minimum Gasteiger partial charge on any atom is -0.462 e. The zero-order valence-corrected chi connectivity index (χ0v) is 12.7. The number of aromatic nitrogens is 2. The van der Waals surface area contributed by atoms with Crippen LogP contribution in [0.4, 0.5) is 11.5 Å². The number of benzene rings is 1. The molecule has 0 radical (unpaired) electrons. The molecule has 0 saturated carbocycles. The van der Waals surface area contributed by atoms with Crippen molar-refractivity contribution in [3.63, 3.8) is 0 Å². The van der Waals surface area contributed by atoms with E-state index in [0.29, 0.717) is 17.7 Å². The maximum atomic E-state index is 12.3. The number of hydrogen-bond donors (Lipinski definition) is 1. The van der Waals surface area contributed by atoms with Crippen molar-refractivity contribution >= 4 is 17.5 Å². The Bertz CT molecular complexity index is 780. The smallest absolute Gasteiger partial charge is 0.345 e. The molecule has 1 aromatic carbocycles. The van der Waals surface area contributed by atoms with Crippen LogP contribution in [-0.2, 0) is 11.3 Å². The fraction of sp³-hybridized carbons (Fsp3) is 0.312. The number of hydrogen-bond acceptors (Lipinski definition) is 5. The number of nitrogens with zero attached hydrogens (tertiary/aromatic N) is 3. The van der Waals surface area contributed by atoms with E-state index >= 15 is 0 Å². The van der Waals surface area contributed by atoms with Gasteiger partial charge in [-0.2, -0.15) is 0 Å². The summed E-state index contributed by atoms with van der Waals surface area (Å²) in [5.41, 5.74) is 2.64. The first kappa shape index (κ1) is 14.3. The molecule has 0 spiro atoms. The normalized spacial score (nSPS) is 13.6. The Kier molecular flexibility index (Phi) is 3.91. The molecule has 1 aromatic heterocycles. The van der Waals surface area contributed by atoms with E-state index in [1.807, 2.05) is 35.8 Å². The van der Waals surface area contributed by atoms with Gasteiger partial charge in [0.05, 0.1) is 18.6 Å². The summed E-state index contributed by atoms with van der Waals surface area (Å²) in [6.45, 7) is 5.64. The maximum Gasteiger partial charge on any atom is 0.345 e. The van der Waals surface area contributed by atoms with Crippen LogP contribution in [0.15, 0.2) is 35.6 Å². The van der Waals surface area contributed by atoms with Crippen LogP contribution in [0.2, 0.25) is 0 Å². The molecule has 0 bridgehead atoms. The summed E-state index contributed by atoms with van der Waals surface area (Å²) in [5, 5.41) is 3.21. The van der Waals surface area contributed by atoms with Gasteiger partial charge in [0.2, 0.25) is 0 Å². The van der Waals surface area contributed by atoms with Gasteiger partial charge in [-0.15, -0.1) is 0 Å². The quantitative estimate of drug-likeness (QED) is 0.880. The van der Waals surface area contributed by atoms with Crippen molar-refractivity contribution in [1.82, 2.24) is 9.55 Å². The van der Waals surface area contributed by atoms with Crippen LogP contribution in [0.3, 0.4) is 0 Å². The number of esters is 1. The highest BCUT2D eigenvalue weighted by Gasteiger charge is 2.22. The summed E-state index contributed by atoms with van der Waals surface area (Å²) < 4.78 is 7.07. The van der Waals surface area contributed by atoms with Crippen LogP contribution >= 0.6 is 0 Å². The molecule has 3 rings (SSSR count). The number of nitrogens with one attached hydrogen (secondary N) is 1. The first-order chi connectivity index (χ1) is 10.7. The van der Waals surface area contributed by atoms with Crippen molar-refractivity contribution in [3.05, 3.63) is 47.2 Å². The van der Waals surface area contributed by atoms with E-state index in [1.54, 1.807) is 13.3 Å². The van der Waals surface area contributed by atoms with Crippen LogP contribution in [-0.4, -0.2) is 28.7 Å². The van der Waals surface area contributed by atoms with Gasteiger partial charge < -0.3 is 14.6 Å². The van der Waals surface area contributed by atoms with Gasteiger partial charge in [0.1, 0.15) is 11.4 Å². The van der Waals surface area contributed by atoms with Crippen molar-refractivity contribution in [2.45, 2.75) is 20.4 Å². The first-order valence-electron chi connectivity index (χ1n) is 7.31. The van der Waals surface area contributed by atoms with Gasteiger partial charge in [0, 0.05) is 13.1 Å². The number of carbonyl (C=O) groups excluding carboxylic acids is 1.